The van der Waals surface area contributed by atoms with Gasteiger partial charge >= 0.3 is 5.97 Å². The number of nitrogens with one attached hydrogen (secondary N) is 1. The van der Waals surface area contributed by atoms with Crippen molar-refractivity contribution in [2.45, 2.75) is 31.8 Å². The molecule has 3 aromatic rings. The first-order valence-corrected chi connectivity index (χ1v) is 10.3. The van der Waals surface area contributed by atoms with Crippen LogP contribution in [0.2, 0.25) is 5.02 Å². The molecule has 0 atom stereocenters. The molecule has 2 aliphatic rings. The SMILES string of the molecule is O=C(O)[C@H]1CC[C@H](Oc2nc3cc(Cl)c(-c4ccc5c(c4)OCCO5)nc3[nH]2)CC1. The molecule has 0 radical (unpaired) electrons. The number of halogens is 1. The third-order valence-electron chi connectivity index (χ3n) is 5.52. The molecule has 0 amide bonds. The summed E-state index contributed by atoms with van der Waals surface area (Å²) in [6.45, 7) is 1.04. The van der Waals surface area contributed by atoms with Crippen LogP contribution in [0.4, 0.5) is 0 Å². The van der Waals surface area contributed by atoms with E-state index >= 15 is 0 Å². The Balaban J connectivity index is 1.38. The monoisotopic (exact) mass is 429 g/mol. The molecule has 8 nitrogen and oxygen atoms in total. The fraction of sp³-hybridized carbons (Fsp3) is 0.381. The summed E-state index contributed by atoms with van der Waals surface area (Å²) in [5.41, 5.74) is 2.60. The lowest BCUT2D eigenvalue weighted by Crippen LogP contribution is -2.28. The van der Waals surface area contributed by atoms with Gasteiger partial charge in [-0.25, -0.2) is 4.98 Å². The number of hydrogen-bond acceptors (Lipinski definition) is 6. The lowest BCUT2D eigenvalue weighted by Gasteiger charge is -2.25. The summed E-state index contributed by atoms with van der Waals surface area (Å²) in [5, 5.41) is 9.60. The Morgan fingerprint density at radius 2 is 1.87 bits per heavy atom. The second-order valence-corrected chi connectivity index (χ2v) is 7.92. The van der Waals surface area contributed by atoms with Crippen LogP contribution in [0, 0.1) is 5.92 Å². The first-order valence-electron chi connectivity index (χ1n) is 9.92. The van der Waals surface area contributed by atoms with E-state index < -0.39 is 5.97 Å². The molecule has 3 heterocycles. The predicted octanol–water partition coefficient (Wildman–Crippen LogP) is 4.07. The number of carboxylic acids is 1. The quantitative estimate of drug-likeness (QED) is 0.643. The summed E-state index contributed by atoms with van der Waals surface area (Å²) in [6.07, 6.45) is 2.53. The van der Waals surface area contributed by atoms with Gasteiger partial charge in [0.25, 0.3) is 6.01 Å². The molecule has 1 aliphatic heterocycles. The molecule has 1 saturated carbocycles. The third-order valence-corrected chi connectivity index (χ3v) is 5.81. The molecular weight excluding hydrogens is 410 g/mol. The minimum absolute atomic E-state index is 0.0612. The van der Waals surface area contributed by atoms with Gasteiger partial charge in [-0.1, -0.05) is 11.6 Å². The number of carboxylic acid groups (broad SMARTS) is 1. The van der Waals surface area contributed by atoms with Crippen LogP contribution >= 0.6 is 11.6 Å². The molecule has 0 unspecified atom stereocenters. The zero-order valence-electron chi connectivity index (χ0n) is 16.1. The maximum atomic E-state index is 11.1. The number of benzene rings is 1. The van der Waals surface area contributed by atoms with Gasteiger partial charge in [-0.05, 0) is 49.9 Å². The number of hydrogen-bond donors (Lipinski definition) is 2. The predicted molar refractivity (Wildman–Crippen MR) is 109 cm³/mol. The number of fused-ring (bicyclic) bond motifs is 2. The Hall–Kier alpha value is -3.00. The number of aromatic nitrogens is 3. The van der Waals surface area contributed by atoms with Crippen molar-refractivity contribution in [2.75, 3.05) is 13.2 Å². The molecule has 0 bridgehead atoms. The number of rotatable bonds is 4. The van der Waals surface area contributed by atoms with Crippen molar-refractivity contribution in [2.24, 2.45) is 5.92 Å². The summed E-state index contributed by atoms with van der Waals surface area (Å²) in [5.74, 6) is 0.358. The summed E-state index contributed by atoms with van der Waals surface area (Å²) in [4.78, 5) is 23.3. The van der Waals surface area contributed by atoms with E-state index in [-0.39, 0.29) is 12.0 Å². The molecule has 5 rings (SSSR count). The average molecular weight is 430 g/mol. The molecule has 30 heavy (non-hydrogen) atoms. The van der Waals surface area contributed by atoms with Crippen molar-refractivity contribution in [1.82, 2.24) is 15.0 Å². The molecule has 156 valence electrons. The summed E-state index contributed by atoms with van der Waals surface area (Å²) < 4.78 is 17.2. The van der Waals surface area contributed by atoms with Crippen molar-refractivity contribution in [3.63, 3.8) is 0 Å². The van der Waals surface area contributed by atoms with Crippen molar-refractivity contribution in [3.05, 3.63) is 29.3 Å². The Morgan fingerprint density at radius 1 is 1.10 bits per heavy atom. The zero-order chi connectivity index (χ0) is 20.7. The molecule has 0 saturated heterocycles. The number of pyridine rings is 1. The van der Waals surface area contributed by atoms with Gasteiger partial charge < -0.3 is 19.3 Å². The Bertz CT molecular complexity index is 1110. The number of aliphatic carboxylic acids is 1. The van der Waals surface area contributed by atoms with Crippen LogP contribution in [0.5, 0.6) is 17.5 Å². The first kappa shape index (κ1) is 19.0. The highest BCUT2D eigenvalue weighted by Crippen LogP contribution is 2.37. The fourth-order valence-corrected chi connectivity index (χ4v) is 4.18. The van der Waals surface area contributed by atoms with E-state index in [1.165, 1.54) is 0 Å². The van der Waals surface area contributed by atoms with E-state index in [9.17, 15) is 4.79 Å². The van der Waals surface area contributed by atoms with Crippen LogP contribution < -0.4 is 14.2 Å². The second kappa shape index (κ2) is 7.68. The summed E-state index contributed by atoms with van der Waals surface area (Å²) in [7, 11) is 0. The van der Waals surface area contributed by atoms with E-state index in [2.05, 4.69) is 15.0 Å². The van der Waals surface area contributed by atoms with Crippen LogP contribution in [-0.4, -0.2) is 45.3 Å². The van der Waals surface area contributed by atoms with Gasteiger partial charge in [0.2, 0.25) is 0 Å². The maximum Gasteiger partial charge on any atom is 0.306 e. The Kier molecular flexibility index (Phi) is 4.86. The van der Waals surface area contributed by atoms with E-state index in [4.69, 9.17) is 30.9 Å². The van der Waals surface area contributed by atoms with E-state index in [0.29, 0.717) is 78.3 Å². The number of aromatic amines is 1. The van der Waals surface area contributed by atoms with Gasteiger partial charge in [-0.2, -0.15) is 4.98 Å². The minimum Gasteiger partial charge on any atom is -0.486 e. The lowest BCUT2D eigenvalue weighted by molar-refractivity contribution is -0.143. The average Bonchev–Trinajstić information content (AvgIpc) is 3.14. The number of ether oxygens (including phenoxy) is 3. The lowest BCUT2D eigenvalue weighted by atomic mass is 9.87. The zero-order valence-corrected chi connectivity index (χ0v) is 16.8. The van der Waals surface area contributed by atoms with Gasteiger partial charge in [0.1, 0.15) is 24.8 Å². The molecule has 0 spiro atoms. The normalized spacial score (nSPS) is 20.8. The van der Waals surface area contributed by atoms with Gasteiger partial charge in [0, 0.05) is 5.56 Å². The van der Waals surface area contributed by atoms with Crippen LogP contribution in [0.3, 0.4) is 0 Å². The maximum absolute atomic E-state index is 11.1. The van der Waals surface area contributed by atoms with Crippen LogP contribution in [-0.2, 0) is 4.79 Å². The fourth-order valence-electron chi connectivity index (χ4n) is 3.93. The van der Waals surface area contributed by atoms with Gasteiger partial charge in [-0.15, -0.1) is 0 Å². The molecular formula is C21H20ClN3O5. The van der Waals surface area contributed by atoms with E-state index in [1.54, 1.807) is 6.07 Å². The van der Waals surface area contributed by atoms with Crippen LogP contribution in [0.25, 0.3) is 22.4 Å². The number of imidazole rings is 1. The largest absolute Gasteiger partial charge is 0.486 e. The van der Waals surface area contributed by atoms with Crippen LogP contribution in [0.15, 0.2) is 24.3 Å². The summed E-state index contributed by atoms with van der Waals surface area (Å²) in [6, 6.07) is 7.72. The molecule has 9 heteroatoms. The standard InChI is InChI=1S/C21H20ClN3O5/c22-14-10-15-19(24-18(14)12-3-6-16-17(9-12)29-8-7-28-16)25-21(23-15)30-13-4-1-11(2-5-13)20(26)27/h3,6,9-11,13H,1-2,4-5,7-8H2,(H,26,27)(H,23,24,25)/t11-,13-. The van der Waals surface area contributed by atoms with Crippen LogP contribution in [0.1, 0.15) is 25.7 Å². The van der Waals surface area contributed by atoms with Crippen molar-refractivity contribution in [3.8, 4) is 28.8 Å². The Morgan fingerprint density at radius 3 is 2.63 bits per heavy atom. The summed E-state index contributed by atoms with van der Waals surface area (Å²) >= 11 is 6.48. The van der Waals surface area contributed by atoms with Crippen molar-refractivity contribution in [1.29, 1.82) is 0 Å². The third kappa shape index (κ3) is 3.63. The number of nitrogens with zero attached hydrogens (tertiary/aromatic N) is 2. The Labute approximate surface area is 177 Å². The molecule has 1 fully saturated rings. The van der Waals surface area contributed by atoms with Gasteiger partial charge in [0.05, 0.1) is 16.6 Å². The molecule has 2 N–H and O–H groups in total. The first-order chi connectivity index (χ1) is 14.6. The van der Waals surface area contributed by atoms with E-state index in [1.807, 2.05) is 18.2 Å². The molecule has 1 aromatic carbocycles. The van der Waals surface area contributed by atoms with E-state index in [0.717, 1.165) is 5.56 Å². The molecule has 2 aromatic heterocycles. The topological polar surface area (TPSA) is 107 Å². The number of H-pyrrole nitrogens is 1. The number of carbonyl (C=O) groups is 1. The van der Waals surface area contributed by atoms with Crippen molar-refractivity contribution < 1.29 is 24.1 Å². The smallest absolute Gasteiger partial charge is 0.306 e. The van der Waals surface area contributed by atoms with Gasteiger partial charge in [-0.3, -0.25) is 9.78 Å². The highest BCUT2D eigenvalue weighted by molar-refractivity contribution is 6.33. The van der Waals surface area contributed by atoms with Gasteiger partial charge in [0.15, 0.2) is 17.1 Å². The highest BCUT2D eigenvalue weighted by atomic mass is 35.5. The molecule has 1 aliphatic carbocycles. The van der Waals surface area contributed by atoms with Crippen molar-refractivity contribution >= 4 is 28.7 Å². The minimum atomic E-state index is -0.734. The highest BCUT2D eigenvalue weighted by Gasteiger charge is 2.27. The second-order valence-electron chi connectivity index (χ2n) is 7.52.